The molecule has 1 N–H and O–H groups in total. The smallest absolute Gasteiger partial charge is 0.000496 e. The topological polar surface area (TPSA) is 15.8 Å². The van der Waals surface area contributed by atoms with Gasteiger partial charge in [0.2, 0.25) is 0 Å². The van der Waals surface area contributed by atoms with E-state index in [1.807, 2.05) is 24.5 Å². The predicted molar refractivity (Wildman–Crippen MR) is 49.8 cm³/mol. The van der Waals surface area contributed by atoms with E-state index in [1.54, 1.807) is 0 Å². The molecule has 0 aromatic carbocycles. The van der Waals surface area contributed by atoms with Gasteiger partial charge in [-0.05, 0) is 12.1 Å². The molecular weight excluding hydrogens is 204 g/mol. The molecule has 1 heterocycles. The third-order valence-electron chi connectivity index (χ3n) is 0.496. The van der Waals surface area contributed by atoms with Crippen molar-refractivity contribution in [3.05, 3.63) is 24.5 Å². The zero-order valence-corrected chi connectivity index (χ0v) is 7.71. The van der Waals surface area contributed by atoms with Crippen LogP contribution < -0.4 is 0 Å². The molecule has 5 heteroatoms. The molecule has 1 aromatic rings. The first-order chi connectivity index (χ1) is 2.50. The molecule has 0 aliphatic rings. The average Bonchev–Trinajstić information content (AvgIpc) is 1.76. The van der Waals surface area contributed by atoms with Crippen LogP contribution >= 0.6 is 49.6 Å². The van der Waals surface area contributed by atoms with Crippen LogP contribution in [0.2, 0.25) is 0 Å². The Labute approximate surface area is 79.3 Å². The molecule has 0 spiro atoms. The van der Waals surface area contributed by atoms with Gasteiger partial charge in [-0.3, -0.25) is 0 Å². The molecule has 0 saturated carbocycles. The molecular formula is C4H9Cl4N. The van der Waals surface area contributed by atoms with Crippen LogP contribution in [0.1, 0.15) is 0 Å². The van der Waals surface area contributed by atoms with Crippen molar-refractivity contribution >= 4 is 49.6 Å². The fourth-order valence-corrected chi connectivity index (χ4v) is 0.278. The summed E-state index contributed by atoms with van der Waals surface area (Å²) in [6, 6.07) is 3.89. The lowest BCUT2D eigenvalue weighted by molar-refractivity contribution is 1.42. The summed E-state index contributed by atoms with van der Waals surface area (Å²) >= 11 is 0. The molecule has 0 saturated heterocycles. The van der Waals surface area contributed by atoms with Gasteiger partial charge in [-0.15, -0.1) is 49.6 Å². The maximum absolute atomic E-state index is 2.86. The van der Waals surface area contributed by atoms with Crippen LogP contribution in [0.25, 0.3) is 0 Å². The molecule has 0 aliphatic carbocycles. The van der Waals surface area contributed by atoms with Crippen molar-refractivity contribution in [2.24, 2.45) is 0 Å². The molecule has 1 nitrogen and oxygen atoms in total. The Morgan fingerprint density at radius 2 is 1.00 bits per heavy atom. The maximum Gasteiger partial charge on any atom is 0.000496 e. The van der Waals surface area contributed by atoms with E-state index in [-0.39, 0.29) is 49.6 Å². The molecule has 58 valence electrons. The first-order valence-electron chi connectivity index (χ1n) is 1.58. The minimum atomic E-state index is 0. The maximum atomic E-state index is 2.86. The van der Waals surface area contributed by atoms with Crippen LogP contribution in [-0.2, 0) is 0 Å². The minimum absolute atomic E-state index is 0. The lowest BCUT2D eigenvalue weighted by Crippen LogP contribution is -1.38. The predicted octanol–water partition coefficient (Wildman–Crippen LogP) is 2.70. The molecule has 0 amide bonds. The van der Waals surface area contributed by atoms with Crippen LogP contribution in [-0.4, -0.2) is 4.98 Å². The average molecular weight is 213 g/mol. The molecule has 0 atom stereocenters. The van der Waals surface area contributed by atoms with E-state index < -0.39 is 0 Å². The van der Waals surface area contributed by atoms with Gasteiger partial charge >= 0.3 is 0 Å². The highest BCUT2D eigenvalue weighted by Crippen LogP contribution is 1.72. The molecule has 0 fully saturated rings. The van der Waals surface area contributed by atoms with Crippen molar-refractivity contribution in [2.75, 3.05) is 0 Å². The second-order valence-electron chi connectivity index (χ2n) is 0.885. The number of aromatic amines is 1. The van der Waals surface area contributed by atoms with Gasteiger partial charge in [-0.25, -0.2) is 0 Å². The van der Waals surface area contributed by atoms with Gasteiger partial charge in [-0.2, -0.15) is 0 Å². The van der Waals surface area contributed by atoms with Crippen LogP contribution in [0, 0.1) is 0 Å². The van der Waals surface area contributed by atoms with Crippen LogP contribution in [0.15, 0.2) is 24.5 Å². The summed E-state index contributed by atoms with van der Waals surface area (Å²) in [7, 11) is 0. The number of H-pyrrole nitrogens is 1. The Kier molecular flexibility index (Phi) is 39.9. The van der Waals surface area contributed by atoms with Gasteiger partial charge in [0.05, 0.1) is 0 Å². The summed E-state index contributed by atoms with van der Waals surface area (Å²) in [5.41, 5.74) is 0. The van der Waals surface area contributed by atoms with Crippen molar-refractivity contribution in [1.29, 1.82) is 0 Å². The summed E-state index contributed by atoms with van der Waals surface area (Å²) < 4.78 is 0. The quantitative estimate of drug-likeness (QED) is 0.681. The van der Waals surface area contributed by atoms with E-state index in [1.165, 1.54) is 0 Å². The highest BCUT2D eigenvalue weighted by Gasteiger charge is 1.55. The van der Waals surface area contributed by atoms with Crippen molar-refractivity contribution < 1.29 is 0 Å². The summed E-state index contributed by atoms with van der Waals surface area (Å²) in [6.07, 6.45) is 3.75. The van der Waals surface area contributed by atoms with Crippen LogP contribution in [0.4, 0.5) is 0 Å². The molecule has 0 radical (unpaired) electrons. The Morgan fingerprint density at radius 1 is 0.667 bits per heavy atom. The Hall–Kier alpha value is 0.440. The fourth-order valence-electron chi connectivity index (χ4n) is 0.278. The molecule has 0 unspecified atom stereocenters. The summed E-state index contributed by atoms with van der Waals surface area (Å²) in [4.78, 5) is 2.86. The standard InChI is InChI=1S/C4H5N.4ClH/c1-2-4-5-3-1;;;;/h1-5H;4*1H. The first kappa shape index (κ1) is 22.7. The SMILES string of the molecule is Cl.Cl.Cl.Cl.c1cc[nH]c1. The Morgan fingerprint density at radius 3 is 1.11 bits per heavy atom. The highest BCUT2D eigenvalue weighted by molar-refractivity contribution is 5.86. The van der Waals surface area contributed by atoms with Gasteiger partial charge in [0.25, 0.3) is 0 Å². The number of rotatable bonds is 0. The van der Waals surface area contributed by atoms with Gasteiger partial charge in [-0.1, -0.05) is 0 Å². The normalized spacial score (nSPS) is 4.44. The van der Waals surface area contributed by atoms with Gasteiger partial charge in [0.1, 0.15) is 0 Å². The second-order valence-corrected chi connectivity index (χ2v) is 0.885. The van der Waals surface area contributed by atoms with Crippen molar-refractivity contribution in [2.45, 2.75) is 0 Å². The number of halogens is 4. The lowest BCUT2D eigenvalue weighted by Gasteiger charge is -1.49. The van der Waals surface area contributed by atoms with Gasteiger partial charge < -0.3 is 4.98 Å². The third-order valence-corrected chi connectivity index (χ3v) is 0.496. The monoisotopic (exact) mass is 211 g/mol. The first-order valence-corrected chi connectivity index (χ1v) is 1.58. The van der Waals surface area contributed by atoms with E-state index in [4.69, 9.17) is 0 Å². The van der Waals surface area contributed by atoms with Crippen molar-refractivity contribution in [3.8, 4) is 0 Å². The fraction of sp³-hybridized carbons (Fsp3) is 0. The zero-order chi connectivity index (χ0) is 3.54. The van der Waals surface area contributed by atoms with Gasteiger partial charge in [0.15, 0.2) is 0 Å². The summed E-state index contributed by atoms with van der Waals surface area (Å²) in [6.45, 7) is 0. The largest absolute Gasteiger partial charge is 0.368 e. The molecule has 0 bridgehead atoms. The Balaban J connectivity index is -0.0000000312. The summed E-state index contributed by atoms with van der Waals surface area (Å²) in [5.74, 6) is 0. The second kappa shape index (κ2) is 15.8. The van der Waals surface area contributed by atoms with Crippen molar-refractivity contribution in [1.82, 2.24) is 4.98 Å². The molecule has 0 aliphatic heterocycles. The number of aromatic nitrogens is 1. The van der Waals surface area contributed by atoms with E-state index in [9.17, 15) is 0 Å². The Bertz CT molecular complexity index is 69.0. The number of hydrogen-bond donors (Lipinski definition) is 1. The highest BCUT2D eigenvalue weighted by atomic mass is 35.5. The molecule has 9 heavy (non-hydrogen) atoms. The number of hydrogen-bond acceptors (Lipinski definition) is 0. The van der Waals surface area contributed by atoms with E-state index in [0.29, 0.717) is 0 Å². The van der Waals surface area contributed by atoms with E-state index in [0.717, 1.165) is 0 Å². The zero-order valence-electron chi connectivity index (χ0n) is 4.44. The molecule has 1 rings (SSSR count). The van der Waals surface area contributed by atoms with Crippen molar-refractivity contribution in [3.63, 3.8) is 0 Å². The summed E-state index contributed by atoms with van der Waals surface area (Å²) in [5, 5.41) is 0. The van der Waals surface area contributed by atoms with E-state index in [2.05, 4.69) is 4.98 Å². The molecule has 1 aromatic heterocycles. The van der Waals surface area contributed by atoms with Crippen LogP contribution in [0.5, 0.6) is 0 Å². The third kappa shape index (κ3) is 11.8. The van der Waals surface area contributed by atoms with Crippen LogP contribution in [0.3, 0.4) is 0 Å². The van der Waals surface area contributed by atoms with E-state index >= 15 is 0 Å². The number of nitrogens with one attached hydrogen (secondary N) is 1. The minimum Gasteiger partial charge on any atom is -0.368 e. The lowest BCUT2D eigenvalue weighted by atomic mass is 10.7. The van der Waals surface area contributed by atoms with Gasteiger partial charge in [0, 0.05) is 12.4 Å².